The molecule has 0 saturated heterocycles. The third-order valence-electron chi connectivity index (χ3n) is 5.82. The zero-order valence-electron chi connectivity index (χ0n) is 17.3. The Morgan fingerprint density at radius 1 is 1.25 bits per heavy atom. The SMILES string of the molecule is CN1C(=O)[C@@H](c2ccc3occc3c2)[C@@](C)(c2cc(-c3nccnc3C#N)cs2)N=C1N. The summed E-state index contributed by atoms with van der Waals surface area (Å²) in [5.41, 5.74) is 8.25. The van der Waals surface area contributed by atoms with Crippen LogP contribution in [0, 0.1) is 11.3 Å². The molecule has 1 aliphatic rings. The largest absolute Gasteiger partial charge is 0.464 e. The molecular formula is C23H18N6O2S. The molecule has 0 unspecified atom stereocenters. The van der Waals surface area contributed by atoms with Crippen molar-refractivity contribution in [1.29, 1.82) is 5.26 Å². The molecule has 32 heavy (non-hydrogen) atoms. The van der Waals surface area contributed by atoms with E-state index < -0.39 is 11.5 Å². The van der Waals surface area contributed by atoms with Gasteiger partial charge in [0.25, 0.3) is 0 Å². The lowest BCUT2D eigenvalue weighted by atomic mass is 9.77. The van der Waals surface area contributed by atoms with E-state index >= 15 is 0 Å². The molecule has 0 bridgehead atoms. The van der Waals surface area contributed by atoms with Crippen molar-refractivity contribution in [3.63, 3.8) is 0 Å². The summed E-state index contributed by atoms with van der Waals surface area (Å²) in [6, 6.07) is 11.6. The Morgan fingerprint density at radius 3 is 2.88 bits per heavy atom. The van der Waals surface area contributed by atoms with Gasteiger partial charge < -0.3 is 10.2 Å². The number of hydrogen-bond acceptors (Lipinski definition) is 8. The van der Waals surface area contributed by atoms with Crippen molar-refractivity contribution in [2.75, 3.05) is 7.05 Å². The lowest BCUT2D eigenvalue weighted by Gasteiger charge is -2.40. The molecule has 4 heterocycles. The highest BCUT2D eigenvalue weighted by Crippen LogP contribution is 2.47. The smallest absolute Gasteiger partial charge is 0.239 e. The molecule has 3 aromatic heterocycles. The summed E-state index contributed by atoms with van der Waals surface area (Å²) in [6.07, 6.45) is 4.66. The maximum absolute atomic E-state index is 13.5. The third-order valence-corrected chi connectivity index (χ3v) is 6.97. The molecule has 4 aromatic rings. The first-order valence-electron chi connectivity index (χ1n) is 9.83. The lowest BCUT2D eigenvalue weighted by Crippen LogP contribution is -2.52. The van der Waals surface area contributed by atoms with Crippen molar-refractivity contribution in [2.24, 2.45) is 10.7 Å². The summed E-state index contributed by atoms with van der Waals surface area (Å²) in [4.78, 5) is 28.9. The number of guanidine groups is 1. The molecular weight excluding hydrogens is 424 g/mol. The molecule has 0 saturated carbocycles. The molecule has 5 rings (SSSR count). The van der Waals surface area contributed by atoms with E-state index in [4.69, 9.17) is 15.1 Å². The van der Waals surface area contributed by atoms with E-state index in [1.165, 1.54) is 22.4 Å². The Morgan fingerprint density at radius 2 is 2.06 bits per heavy atom. The average molecular weight is 443 g/mol. The van der Waals surface area contributed by atoms with Gasteiger partial charge in [0, 0.05) is 40.6 Å². The van der Waals surface area contributed by atoms with Gasteiger partial charge in [0.2, 0.25) is 5.91 Å². The number of thiophene rings is 1. The van der Waals surface area contributed by atoms with Crippen molar-refractivity contribution in [2.45, 2.75) is 18.4 Å². The summed E-state index contributed by atoms with van der Waals surface area (Å²) in [7, 11) is 1.63. The number of rotatable bonds is 3. The first kappa shape index (κ1) is 19.9. The van der Waals surface area contributed by atoms with E-state index in [0.717, 1.165) is 27.0 Å². The van der Waals surface area contributed by atoms with Crippen LogP contribution in [0.4, 0.5) is 0 Å². The number of likely N-dealkylation sites (N-methyl/N-ethyl adjacent to an activating group) is 1. The van der Waals surface area contributed by atoms with Crippen LogP contribution in [0.25, 0.3) is 22.2 Å². The van der Waals surface area contributed by atoms with Crippen LogP contribution in [0.15, 0.2) is 63.8 Å². The number of amides is 1. The molecule has 2 atom stereocenters. The van der Waals surface area contributed by atoms with Crippen molar-refractivity contribution in [1.82, 2.24) is 14.9 Å². The third kappa shape index (κ3) is 2.96. The van der Waals surface area contributed by atoms with Crippen LogP contribution >= 0.6 is 11.3 Å². The molecule has 1 aromatic carbocycles. The fourth-order valence-electron chi connectivity index (χ4n) is 4.11. The Bertz CT molecular complexity index is 1430. The lowest BCUT2D eigenvalue weighted by molar-refractivity contribution is -0.130. The zero-order chi connectivity index (χ0) is 22.5. The van der Waals surface area contributed by atoms with Gasteiger partial charge in [-0.25, -0.2) is 9.98 Å². The van der Waals surface area contributed by atoms with Crippen molar-refractivity contribution >= 4 is 34.2 Å². The number of hydrogen-bond donors (Lipinski definition) is 1. The number of carbonyl (C=O) groups is 1. The summed E-state index contributed by atoms with van der Waals surface area (Å²) in [6.45, 7) is 1.91. The number of nitriles is 1. The van der Waals surface area contributed by atoms with Gasteiger partial charge in [0.15, 0.2) is 11.7 Å². The van der Waals surface area contributed by atoms with E-state index in [1.54, 1.807) is 19.5 Å². The van der Waals surface area contributed by atoms with Crippen molar-refractivity contribution in [3.8, 4) is 17.3 Å². The second kappa shape index (κ2) is 7.28. The summed E-state index contributed by atoms with van der Waals surface area (Å²) < 4.78 is 5.46. The normalized spacial score (nSPS) is 20.9. The minimum Gasteiger partial charge on any atom is -0.464 e. The Labute approximate surface area is 187 Å². The fraction of sp³-hybridized carbons (Fsp3) is 0.174. The number of furan rings is 1. The minimum atomic E-state index is -0.941. The van der Waals surface area contributed by atoms with Crippen LogP contribution in [0.5, 0.6) is 0 Å². The summed E-state index contributed by atoms with van der Waals surface area (Å²) in [5.74, 6) is -0.580. The molecule has 0 aliphatic carbocycles. The number of aliphatic imine (C=N–C) groups is 1. The second-order valence-electron chi connectivity index (χ2n) is 7.73. The molecule has 2 N–H and O–H groups in total. The molecule has 0 radical (unpaired) electrons. The van der Waals surface area contributed by atoms with Crippen molar-refractivity contribution < 1.29 is 9.21 Å². The first-order chi connectivity index (χ1) is 15.4. The molecule has 8 nitrogen and oxygen atoms in total. The number of nitrogens with zero attached hydrogens (tertiary/aromatic N) is 5. The number of aromatic nitrogens is 2. The van der Waals surface area contributed by atoms with Gasteiger partial charge in [-0.1, -0.05) is 6.07 Å². The van der Waals surface area contributed by atoms with Crippen LogP contribution in [0.1, 0.15) is 29.0 Å². The van der Waals surface area contributed by atoms with Gasteiger partial charge in [-0.2, -0.15) is 5.26 Å². The number of fused-ring (bicyclic) bond motifs is 1. The maximum atomic E-state index is 13.5. The highest BCUT2D eigenvalue weighted by atomic mass is 32.1. The Kier molecular flexibility index (Phi) is 4.53. The van der Waals surface area contributed by atoms with Gasteiger partial charge in [0.05, 0.1) is 12.2 Å². The van der Waals surface area contributed by atoms with Crippen LogP contribution in [0.2, 0.25) is 0 Å². The van der Waals surface area contributed by atoms with Crippen LogP contribution in [0.3, 0.4) is 0 Å². The van der Waals surface area contributed by atoms with Crippen LogP contribution in [-0.2, 0) is 10.3 Å². The molecule has 1 amide bonds. The fourth-order valence-corrected chi connectivity index (χ4v) is 5.14. The van der Waals surface area contributed by atoms with Crippen LogP contribution in [-0.4, -0.2) is 33.8 Å². The van der Waals surface area contributed by atoms with E-state index in [9.17, 15) is 10.1 Å². The minimum absolute atomic E-state index is 0.144. The van der Waals surface area contributed by atoms with Crippen LogP contribution < -0.4 is 5.73 Å². The predicted molar refractivity (Wildman–Crippen MR) is 121 cm³/mol. The quantitative estimate of drug-likeness (QED) is 0.517. The molecule has 0 spiro atoms. The van der Waals surface area contributed by atoms with Gasteiger partial charge in [-0.15, -0.1) is 11.3 Å². The first-order valence-corrected chi connectivity index (χ1v) is 10.7. The number of nitrogens with two attached hydrogens (primary N) is 1. The molecule has 1 aliphatic heterocycles. The molecule has 158 valence electrons. The van der Waals surface area contributed by atoms with E-state index in [0.29, 0.717) is 5.69 Å². The standard InChI is InChI=1S/C23H18N6O2S/c1-23(18-10-15(12-32-18)20-16(11-24)26-6-7-27-20)19(21(30)29(2)22(25)28-23)14-3-4-17-13(9-14)5-8-31-17/h3-10,12,19H,1-2H3,(H2,25,28)/t19-,23-/m1/s1. The summed E-state index contributed by atoms with van der Waals surface area (Å²) in [5, 5.41) is 12.2. The zero-order valence-corrected chi connectivity index (χ0v) is 18.1. The van der Waals surface area contributed by atoms with E-state index in [1.807, 2.05) is 42.6 Å². The highest BCUT2D eigenvalue weighted by molar-refractivity contribution is 7.10. The maximum Gasteiger partial charge on any atom is 0.239 e. The van der Waals surface area contributed by atoms with Gasteiger partial charge in [-0.05, 0) is 36.8 Å². The molecule has 0 fully saturated rings. The van der Waals surface area contributed by atoms with Gasteiger partial charge in [0.1, 0.15) is 22.9 Å². The van der Waals surface area contributed by atoms with Gasteiger partial charge >= 0.3 is 0 Å². The predicted octanol–water partition coefficient (Wildman–Crippen LogP) is 3.61. The average Bonchev–Trinajstić information content (AvgIpc) is 3.47. The Hall–Kier alpha value is -4.03. The van der Waals surface area contributed by atoms with E-state index in [-0.39, 0.29) is 17.6 Å². The molecule has 9 heteroatoms. The van der Waals surface area contributed by atoms with Crippen molar-refractivity contribution in [3.05, 3.63) is 70.5 Å². The van der Waals surface area contributed by atoms with E-state index in [2.05, 4.69) is 16.0 Å². The monoisotopic (exact) mass is 442 g/mol. The number of benzene rings is 1. The summed E-state index contributed by atoms with van der Waals surface area (Å²) >= 11 is 1.45. The second-order valence-corrected chi connectivity index (χ2v) is 8.64. The topological polar surface area (TPSA) is 121 Å². The number of carbonyl (C=O) groups excluding carboxylic acids is 1. The van der Waals surface area contributed by atoms with Gasteiger partial charge in [-0.3, -0.25) is 14.7 Å². The highest BCUT2D eigenvalue weighted by Gasteiger charge is 2.48. The Balaban J connectivity index is 1.67.